The molecule has 0 radical (unpaired) electrons. The number of hydrogen-bond donors (Lipinski definition) is 1. The van der Waals surface area contributed by atoms with Crippen LogP contribution in [0.25, 0.3) is 22.3 Å². The molecular formula is C39H45F3O5. The van der Waals surface area contributed by atoms with Crippen molar-refractivity contribution in [3.8, 4) is 33.8 Å². The average molecular weight is 651 g/mol. The SMILES string of the molecule is COCCOc1ccc(-c2ccc(CCc3ccc(-c4ccc(OCCOCO)cc4)cc3CCCCCCC(F)(F)F)cc2)cc1. The standard InChI is InChI=1S/C39H45F3O5/c1-44-24-26-46-37-19-15-32(16-20-37)31-10-7-30(8-11-31)9-12-33-13-14-36(28-35(33)6-4-2-3-5-23-39(40,41)42)34-17-21-38(22-18-34)47-27-25-45-29-43/h7-8,10-11,13-22,28,43H,2-6,9,12,23-27,29H2,1H3. The van der Waals surface area contributed by atoms with E-state index in [1.54, 1.807) is 7.11 Å². The monoisotopic (exact) mass is 650 g/mol. The van der Waals surface area contributed by atoms with Crippen LogP contribution in [0.2, 0.25) is 0 Å². The number of ether oxygens (including phenoxy) is 4. The van der Waals surface area contributed by atoms with E-state index >= 15 is 0 Å². The second-order valence-electron chi connectivity index (χ2n) is 11.5. The molecule has 0 saturated heterocycles. The van der Waals surface area contributed by atoms with Crippen LogP contribution in [0.15, 0.2) is 91.0 Å². The first-order chi connectivity index (χ1) is 22.8. The predicted octanol–water partition coefficient (Wildman–Crippen LogP) is 9.23. The highest BCUT2D eigenvalue weighted by atomic mass is 19.4. The van der Waals surface area contributed by atoms with Crippen molar-refractivity contribution in [2.75, 3.05) is 40.3 Å². The predicted molar refractivity (Wildman–Crippen MR) is 180 cm³/mol. The number of halogens is 3. The van der Waals surface area contributed by atoms with Gasteiger partial charge in [-0.05, 0) is 95.3 Å². The van der Waals surface area contributed by atoms with E-state index in [0.29, 0.717) is 32.8 Å². The molecule has 0 heterocycles. The number of methoxy groups -OCH3 is 1. The summed E-state index contributed by atoms with van der Waals surface area (Å²) in [5.41, 5.74) is 8.17. The summed E-state index contributed by atoms with van der Waals surface area (Å²) in [6, 6.07) is 31.1. The van der Waals surface area contributed by atoms with Gasteiger partial charge >= 0.3 is 6.18 Å². The maximum Gasteiger partial charge on any atom is 0.389 e. The fraction of sp³-hybridized carbons (Fsp3) is 0.385. The fourth-order valence-corrected chi connectivity index (χ4v) is 5.43. The van der Waals surface area contributed by atoms with Crippen LogP contribution in [0.4, 0.5) is 13.2 Å². The summed E-state index contributed by atoms with van der Waals surface area (Å²) in [6.07, 6.45) is 0.164. The van der Waals surface area contributed by atoms with Gasteiger partial charge in [-0.1, -0.05) is 79.6 Å². The third-order valence-corrected chi connectivity index (χ3v) is 8.02. The lowest BCUT2D eigenvalue weighted by molar-refractivity contribution is -0.135. The molecule has 0 saturated carbocycles. The minimum Gasteiger partial charge on any atom is -0.491 e. The van der Waals surface area contributed by atoms with Gasteiger partial charge in [0.05, 0.1) is 13.2 Å². The minimum absolute atomic E-state index is 0.180. The average Bonchev–Trinajstić information content (AvgIpc) is 3.08. The van der Waals surface area contributed by atoms with Crippen molar-refractivity contribution in [3.05, 3.63) is 108 Å². The van der Waals surface area contributed by atoms with Crippen LogP contribution in [0, 0.1) is 0 Å². The summed E-state index contributed by atoms with van der Waals surface area (Å²) >= 11 is 0. The highest BCUT2D eigenvalue weighted by molar-refractivity contribution is 5.66. The Morgan fingerprint density at radius 1 is 0.553 bits per heavy atom. The number of hydrogen-bond acceptors (Lipinski definition) is 5. The van der Waals surface area contributed by atoms with E-state index in [2.05, 4.69) is 54.6 Å². The Hall–Kier alpha value is -3.85. The molecule has 0 unspecified atom stereocenters. The first kappa shape index (κ1) is 36.0. The molecule has 0 bridgehead atoms. The molecule has 0 aliphatic heterocycles. The largest absolute Gasteiger partial charge is 0.491 e. The smallest absolute Gasteiger partial charge is 0.389 e. The van der Waals surface area contributed by atoms with Crippen LogP contribution in [-0.4, -0.2) is 51.6 Å². The van der Waals surface area contributed by atoms with E-state index in [1.165, 1.54) is 16.7 Å². The highest BCUT2D eigenvalue weighted by Gasteiger charge is 2.25. The van der Waals surface area contributed by atoms with Crippen LogP contribution >= 0.6 is 0 Å². The van der Waals surface area contributed by atoms with Gasteiger partial charge in [0.2, 0.25) is 0 Å². The summed E-state index contributed by atoms with van der Waals surface area (Å²) < 4.78 is 59.0. The van der Waals surface area contributed by atoms with E-state index < -0.39 is 12.6 Å². The van der Waals surface area contributed by atoms with Gasteiger partial charge in [-0.25, -0.2) is 0 Å². The third kappa shape index (κ3) is 12.7. The van der Waals surface area contributed by atoms with Crippen molar-refractivity contribution in [3.63, 3.8) is 0 Å². The van der Waals surface area contributed by atoms with Crippen LogP contribution in [0.1, 0.15) is 48.8 Å². The lowest BCUT2D eigenvalue weighted by Gasteiger charge is -2.14. The molecule has 0 aliphatic rings. The van der Waals surface area contributed by atoms with Crippen molar-refractivity contribution in [1.29, 1.82) is 0 Å². The number of aliphatic hydroxyl groups excluding tert-OH is 1. The molecule has 1 N–H and O–H groups in total. The Morgan fingerprint density at radius 3 is 1.70 bits per heavy atom. The zero-order valence-corrected chi connectivity index (χ0v) is 27.1. The van der Waals surface area contributed by atoms with Gasteiger partial charge in [-0.15, -0.1) is 0 Å². The lowest BCUT2D eigenvalue weighted by Crippen LogP contribution is -2.06. The molecule has 4 aromatic carbocycles. The van der Waals surface area contributed by atoms with Crippen molar-refractivity contribution in [2.24, 2.45) is 0 Å². The Balaban J connectivity index is 1.39. The Labute approximate surface area is 276 Å². The van der Waals surface area contributed by atoms with Crippen LogP contribution in [0.3, 0.4) is 0 Å². The Kier molecular flexibility index (Phi) is 14.6. The first-order valence-corrected chi connectivity index (χ1v) is 16.3. The summed E-state index contributed by atoms with van der Waals surface area (Å²) in [4.78, 5) is 0. The summed E-state index contributed by atoms with van der Waals surface area (Å²) in [7, 11) is 1.65. The van der Waals surface area contributed by atoms with Crippen LogP contribution in [0.5, 0.6) is 11.5 Å². The van der Waals surface area contributed by atoms with E-state index in [0.717, 1.165) is 65.9 Å². The van der Waals surface area contributed by atoms with Crippen molar-refractivity contribution in [2.45, 2.75) is 57.5 Å². The molecule has 0 aromatic heterocycles. The number of alkyl halides is 3. The molecule has 252 valence electrons. The van der Waals surface area contributed by atoms with Crippen molar-refractivity contribution < 1.29 is 37.2 Å². The number of unbranched alkanes of at least 4 members (excludes halogenated alkanes) is 3. The lowest BCUT2D eigenvalue weighted by atomic mass is 9.92. The fourth-order valence-electron chi connectivity index (χ4n) is 5.43. The number of aryl methyl sites for hydroxylation is 3. The number of rotatable bonds is 20. The van der Waals surface area contributed by atoms with Crippen LogP contribution in [-0.2, 0) is 28.7 Å². The summed E-state index contributed by atoms with van der Waals surface area (Å²) in [5, 5.41) is 8.74. The molecule has 4 rings (SSSR count). The van der Waals surface area contributed by atoms with E-state index in [1.807, 2.05) is 36.4 Å². The molecule has 0 spiro atoms. The van der Waals surface area contributed by atoms with Gasteiger partial charge in [0, 0.05) is 13.5 Å². The Bertz CT molecular complexity index is 1450. The third-order valence-electron chi connectivity index (χ3n) is 8.02. The maximum atomic E-state index is 12.6. The molecule has 5 nitrogen and oxygen atoms in total. The summed E-state index contributed by atoms with van der Waals surface area (Å²) in [6.45, 7) is 1.39. The van der Waals surface area contributed by atoms with Gasteiger partial charge in [-0.3, -0.25) is 0 Å². The second-order valence-corrected chi connectivity index (χ2v) is 11.5. The topological polar surface area (TPSA) is 57.2 Å². The van der Waals surface area contributed by atoms with Crippen molar-refractivity contribution in [1.82, 2.24) is 0 Å². The zero-order valence-electron chi connectivity index (χ0n) is 27.1. The van der Waals surface area contributed by atoms with Gasteiger partial charge < -0.3 is 24.1 Å². The quantitative estimate of drug-likeness (QED) is 0.0764. The highest BCUT2D eigenvalue weighted by Crippen LogP contribution is 2.28. The molecule has 0 amide bonds. The molecule has 8 heteroatoms. The summed E-state index contributed by atoms with van der Waals surface area (Å²) in [5.74, 6) is 1.54. The minimum atomic E-state index is -4.09. The molecule has 4 aromatic rings. The first-order valence-electron chi connectivity index (χ1n) is 16.3. The number of benzene rings is 4. The van der Waals surface area contributed by atoms with Gasteiger partial charge in [0.1, 0.15) is 31.5 Å². The molecular weight excluding hydrogens is 605 g/mol. The normalized spacial score (nSPS) is 11.5. The van der Waals surface area contributed by atoms with Gasteiger partial charge in [-0.2, -0.15) is 13.2 Å². The number of aliphatic hydroxyl groups is 1. The molecule has 47 heavy (non-hydrogen) atoms. The second kappa shape index (κ2) is 19.1. The molecule has 0 fully saturated rings. The molecule has 0 atom stereocenters. The van der Waals surface area contributed by atoms with Crippen LogP contribution < -0.4 is 9.47 Å². The van der Waals surface area contributed by atoms with E-state index in [9.17, 15) is 13.2 Å². The maximum absolute atomic E-state index is 12.6. The Morgan fingerprint density at radius 2 is 1.11 bits per heavy atom. The van der Waals surface area contributed by atoms with E-state index in [4.69, 9.17) is 24.1 Å². The van der Waals surface area contributed by atoms with Gasteiger partial charge in [0.25, 0.3) is 0 Å². The van der Waals surface area contributed by atoms with Gasteiger partial charge in [0.15, 0.2) is 0 Å². The van der Waals surface area contributed by atoms with E-state index in [-0.39, 0.29) is 13.2 Å². The molecule has 0 aliphatic carbocycles. The van der Waals surface area contributed by atoms with Crippen molar-refractivity contribution >= 4 is 0 Å². The zero-order chi connectivity index (χ0) is 33.3.